The fraction of sp³-hybridized carbons (Fsp3) is 0.130. The zero-order chi connectivity index (χ0) is 21.3. The molecule has 0 bridgehead atoms. The van der Waals surface area contributed by atoms with Gasteiger partial charge in [0.05, 0.1) is 0 Å². The van der Waals surface area contributed by atoms with E-state index in [-0.39, 0.29) is 11.0 Å². The fourth-order valence-electron chi connectivity index (χ4n) is 3.17. The predicted molar refractivity (Wildman–Crippen MR) is 122 cm³/mol. The van der Waals surface area contributed by atoms with Gasteiger partial charge in [-0.05, 0) is 74.4 Å². The molecule has 1 amide bonds. The van der Waals surface area contributed by atoms with Crippen molar-refractivity contribution in [2.24, 2.45) is 0 Å². The zero-order valence-electron chi connectivity index (χ0n) is 16.8. The standard InChI is InChI=1S/C23H20N4O2S/c1-13-6-9-17(15(3)11-13)21(28)27-23(30)25-18-12-16(8-7-14(18)2)22-26-20-19(29-22)5-4-10-24-20/h4-12H,1-3H3,(H2,25,27,28,30). The van der Waals surface area contributed by atoms with Gasteiger partial charge in [0, 0.05) is 23.0 Å². The SMILES string of the molecule is Cc1ccc(C(=O)NC(=S)Nc2cc(-c3nc4ncccc4o3)ccc2C)c(C)c1. The molecule has 0 aliphatic carbocycles. The van der Waals surface area contributed by atoms with Gasteiger partial charge >= 0.3 is 0 Å². The highest BCUT2D eigenvalue weighted by Gasteiger charge is 2.13. The van der Waals surface area contributed by atoms with Crippen molar-refractivity contribution in [2.75, 3.05) is 5.32 Å². The first kappa shape index (κ1) is 19.7. The molecule has 0 saturated carbocycles. The molecule has 0 radical (unpaired) electrons. The third kappa shape index (κ3) is 4.06. The van der Waals surface area contributed by atoms with Crippen LogP contribution in [0.1, 0.15) is 27.0 Å². The fourth-order valence-corrected chi connectivity index (χ4v) is 3.38. The average molecular weight is 417 g/mol. The number of aromatic nitrogens is 2. The summed E-state index contributed by atoms with van der Waals surface area (Å²) in [5, 5.41) is 6.07. The van der Waals surface area contributed by atoms with Crippen molar-refractivity contribution in [3.8, 4) is 11.5 Å². The molecular formula is C23H20N4O2S. The summed E-state index contributed by atoms with van der Waals surface area (Å²) >= 11 is 5.36. The molecule has 4 aromatic rings. The van der Waals surface area contributed by atoms with E-state index in [1.54, 1.807) is 18.3 Å². The number of rotatable bonds is 3. The molecule has 30 heavy (non-hydrogen) atoms. The normalized spacial score (nSPS) is 10.8. The van der Waals surface area contributed by atoms with Gasteiger partial charge in [-0.15, -0.1) is 0 Å². The Kier molecular flexibility index (Phi) is 5.29. The summed E-state index contributed by atoms with van der Waals surface area (Å²) in [7, 11) is 0. The number of carbonyl (C=O) groups is 1. The number of oxazole rings is 1. The number of fused-ring (bicyclic) bond motifs is 1. The summed E-state index contributed by atoms with van der Waals surface area (Å²) < 4.78 is 5.80. The van der Waals surface area contributed by atoms with Crippen LogP contribution in [0.25, 0.3) is 22.7 Å². The first-order chi connectivity index (χ1) is 14.4. The third-order valence-electron chi connectivity index (χ3n) is 4.75. The van der Waals surface area contributed by atoms with Gasteiger partial charge in [0.2, 0.25) is 5.89 Å². The van der Waals surface area contributed by atoms with Crippen molar-refractivity contribution in [3.63, 3.8) is 0 Å². The summed E-state index contributed by atoms with van der Waals surface area (Å²) in [6.45, 7) is 5.85. The highest BCUT2D eigenvalue weighted by Crippen LogP contribution is 2.27. The highest BCUT2D eigenvalue weighted by molar-refractivity contribution is 7.80. The second kappa shape index (κ2) is 8.04. The summed E-state index contributed by atoms with van der Waals surface area (Å²) in [5.41, 5.74) is 6.28. The van der Waals surface area contributed by atoms with Crippen LogP contribution in [0.15, 0.2) is 59.1 Å². The highest BCUT2D eigenvalue weighted by atomic mass is 32.1. The number of thiocarbonyl (C=S) groups is 1. The minimum atomic E-state index is -0.246. The van der Waals surface area contributed by atoms with Crippen LogP contribution in [0.5, 0.6) is 0 Å². The average Bonchev–Trinajstić information content (AvgIpc) is 3.13. The van der Waals surface area contributed by atoms with Crippen LogP contribution in [0.2, 0.25) is 0 Å². The molecule has 0 spiro atoms. The van der Waals surface area contributed by atoms with Crippen LogP contribution in [-0.4, -0.2) is 21.0 Å². The molecule has 6 nitrogen and oxygen atoms in total. The van der Waals surface area contributed by atoms with Crippen molar-refractivity contribution in [3.05, 3.63) is 77.0 Å². The molecule has 150 valence electrons. The molecule has 0 unspecified atom stereocenters. The Hall–Kier alpha value is -3.58. The minimum Gasteiger partial charge on any atom is -0.434 e. The second-order valence-electron chi connectivity index (χ2n) is 7.10. The zero-order valence-corrected chi connectivity index (χ0v) is 17.6. The van der Waals surface area contributed by atoms with Gasteiger partial charge in [0.1, 0.15) is 0 Å². The Morgan fingerprint density at radius 3 is 2.63 bits per heavy atom. The van der Waals surface area contributed by atoms with E-state index in [1.165, 1.54) is 0 Å². The van der Waals surface area contributed by atoms with Gasteiger partial charge in [-0.3, -0.25) is 10.1 Å². The molecule has 7 heteroatoms. The lowest BCUT2D eigenvalue weighted by atomic mass is 10.1. The molecule has 2 heterocycles. The van der Waals surface area contributed by atoms with E-state index < -0.39 is 0 Å². The van der Waals surface area contributed by atoms with Crippen molar-refractivity contribution in [1.82, 2.24) is 15.3 Å². The van der Waals surface area contributed by atoms with Gasteiger partial charge in [-0.2, -0.15) is 4.98 Å². The van der Waals surface area contributed by atoms with E-state index in [0.717, 1.165) is 27.9 Å². The smallest absolute Gasteiger partial charge is 0.257 e. The van der Waals surface area contributed by atoms with Gasteiger partial charge < -0.3 is 9.73 Å². The Morgan fingerprint density at radius 2 is 1.87 bits per heavy atom. The van der Waals surface area contributed by atoms with Crippen LogP contribution < -0.4 is 10.6 Å². The largest absolute Gasteiger partial charge is 0.434 e. The van der Waals surface area contributed by atoms with Crippen molar-refractivity contribution in [1.29, 1.82) is 0 Å². The molecule has 2 aromatic heterocycles. The molecule has 4 rings (SSSR count). The quantitative estimate of drug-likeness (QED) is 0.461. The van der Waals surface area contributed by atoms with E-state index >= 15 is 0 Å². The molecule has 2 N–H and O–H groups in total. The first-order valence-electron chi connectivity index (χ1n) is 9.43. The topological polar surface area (TPSA) is 80.0 Å². The second-order valence-corrected chi connectivity index (χ2v) is 7.51. The lowest BCUT2D eigenvalue weighted by Crippen LogP contribution is -2.34. The maximum absolute atomic E-state index is 12.6. The number of hydrogen-bond donors (Lipinski definition) is 2. The first-order valence-corrected chi connectivity index (χ1v) is 9.84. The molecule has 0 aliphatic rings. The predicted octanol–water partition coefficient (Wildman–Crippen LogP) is 4.94. The van der Waals surface area contributed by atoms with E-state index in [4.69, 9.17) is 16.6 Å². The summed E-state index contributed by atoms with van der Waals surface area (Å²) in [4.78, 5) is 21.2. The van der Waals surface area contributed by atoms with Gasteiger partial charge in [-0.25, -0.2) is 4.98 Å². The Balaban J connectivity index is 1.53. The van der Waals surface area contributed by atoms with Gasteiger partial charge in [0.15, 0.2) is 16.3 Å². The lowest BCUT2D eigenvalue weighted by molar-refractivity contribution is 0.0977. The maximum Gasteiger partial charge on any atom is 0.257 e. The summed E-state index contributed by atoms with van der Waals surface area (Å²) in [6.07, 6.45) is 1.67. The molecule has 0 atom stereocenters. The Morgan fingerprint density at radius 1 is 1.03 bits per heavy atom. The number of benzene rings is 2. The van der Waals surface area contributed by atoms with Crippen LogP contribution in [0.3, 0.4) is 0 Å². The van der Waals surface area contributed by atoms with E-state index in [1.807, 2.05) is 57.2 Å². The van der Waals surface area contributed by atoms with E-state index in [2.05, 4.69) is 20.6 Å². The van der Waals surface area contributed by atoms with Crippen molar-refractivity contribution in [2.45, 2.75) is 20.8 Å². The molecule has 0 fully saturated rings. The number of nitrogens with zero attached hydrogens (tertiary/aromatic N) is 2. The monoisotopic (exact) mass is 416 g/mol. The third-order valence-corrected chi connectivity index (χ3v) is 4.96. The number of anilines is 1. The van der Waals surface area contributed by atoms with Gasteiger partial charge in [0.25, 0.3) is 5.91 Å². The van der Waals surface area contributed by atoms with Crippen LogP contribution in [0.4, 0.5) is 5.69 Å². The van der Waals surface area contributed by atoms with Crippen LogP contribution in [0, 0.1) is 20.8 Å². The molecule has 2 aromatic carbocycles. The number of pyridine rings is 1. The number of nitrogens with one attached hydrogen (secondary N) is 2. The number of carbonyl (C=O) groups excluding carboxylic acids is 1. The number of hydrogen-bond acceptors (Lipinski definition) is 5. The number of aryl methyl sites for hydroxylation is 3. The molecule has 0 aliphatic heterocycles. The summed E-state index contributed by atoms with van der Waals surface area (Å²) in [5.74, 6) is 0.223. The molecule has 0 saturated heterocycles. The maximum atomic E-state index is 12.6. The summed E-state index contributed by atoms with van der Waals surface area (Å²) in [6, 6.07) is 15.0. The van der Waals surface area contributed by atoms with Crippen LogP contribution in [-0.2, 0) is 0 Å². The van der Waals surface area contributed by atoms with Crippen molar-refractivity contribution < 1.29 is 9.21 Å². The van der Waals surface area contributed by atoms with Gasteiger partial charge in [-0.1, -0.05) is 23.8 Å². The Bertz CT molecular complexity index is 1250. The lowest BCUT2D eigenvalue weighted by Gasteiger charge is -2.13. The van der Waals surface area contributed by atoms with E-state index in [0.29, 0.717) is 22.7 Å². The Labute approximate surface area is 179 Å². The minimum absolute atomic E-state index is 0.222. The van der Waals surface area contributed by atoms with E-state index in [9.17, 15) is 4.79 Å². The number of amides is 1. The van der Waals surface area contributed by atoms with Crippen molar-refractivity contribution >= 4 is 40.2 Å². The van der Waals surface area contributed by atoms with Crippen LogP contribution >= 0.6 is 12.2 Å². The molecular weight excluding hydrogens is 396 g/mol.